The number of aromatic nitrogens is 2. The van der Waals surface area contributed by atoms with Gasteiger partial charge in [-0.3, -0.25) is 4.98 Å². The molecular formula is C9H11ClN2O3. The van der Waals surface area contributed by atoms with Crippen molar-refractivity contribution in [3.05, 3.63) is 23.2 Å². The Hall–Kier alpha value is -1.20. The summed E-state index contributed by atoms with van der Waals surface area (Å²) in [7, 11) is 2.66. The van der Waals surface area contributed by atoms with Gasteiger partial charge in [-0.15, -0.1) is 0 Å². The molecule has 1 aromatic rings. The number of rotatable bonds is 3. The highest BCUT2D eigenvalue weighted by atomic mass is 35.5. The van der Waals surface area contributed by atoms with Crippen molar-refractivity contribution >= 4 is 17.6 Å². The lowest BCUT2D eigenvalue weighted by molar-refractivity contribution is -0.165. The van der Waals surface area contributed by atoms with Crippen molar-refractivity contribution in [1.82, 2.24) is 9.97 Å². The topological polar surface area (TPSA) is 61.3 Å². The molecule has 0 radical (unpaired) electrons. The van der Waals surface area contributed by atoms with E-state index in [1.54, 1.807) is 6.92 Å². The van der Waals surface area contributed by atoms with Crippen molar-refractivity contribution in [3.8, 4) is 0 Å². The van der Waals surface area contributed by atoms with E-state index >= 15 is 0 Å². The van der Waals surface area contributed by atoms with Crippen molar-refractivity contribution < 1.29 is 14.3 Å². The molecule has 6 heteroatoms. The van der Waals surface area contributed by atoms with Gasteiger partial charge >= 0.3 is 5.97 Å². The molecule has 82 valence electrons. The van der Waals surface area contributed by atoms with Crippen LogP contribution in [0.1, 0.15) is 12.6 Å². The van der Waals surface area contributed by atoms with Crippen molar-refractivity contribution in [2.45, 2.75) is 12.5 Å². The number of halogens is 1. The second-order valence-corrected chi connectivity index (χ2v) is 3.34. The van der Waals surface area contributed by atoms with Crippen LogP contribution >= 0.6 is 11.6 Å². The van der Waals surface area contributed by atoms with E-state index in [9.17, 15) is 4.79 Å². The quantitative estimate of drug-likeness (QED) is 0.730. The molecule has 0 aliphatic carbocycles. The Labute approximate surface area is 92.4 Å². The largest absolute Gasteiger partial charge is 0.467 e. The van der Waals surface area contributed by atoms with Gasteiger partial charge in [-0.05, 0) is 6.92 Å². The third kappa shape index (κ3) is 2.24. The number of hydrogen-bond acceptors (Lipinski definition) is 5. The summed E-state index contributed by atoms with van der Waals surface area (Å²) in [4.78, 5) is 19.3. The lowest BCUT2D eigenvalue weighted by atomic mass is 10.0. The van der Waals surface area contributed by atoms with E-state index in [-0.39, 0.29) is 5.15 Å². The average Bonchev–Trinajstić information content (AvgIpc) is 2.26. The second-order valence-electron chi connectivity index (χ2n) is 2.96. The molecule has 0 aromatic carbocycles. The molecule has 0 amide bonds. The first-order valence-corrected chi connectivity index (χ1v) is 4.54. The SMILES string of the molecule is COC(=O)C(C)(OC)c1cncc(Cl)n1. The summed E-state index contributed by atoms with van der Waals surface area (Å²) in [6, 6.07) is 0. The molecule has 1 atom stereocenters. The first kappa shape index (κ1) is 11.9. The highest BCUT2D eigenvalue weighted by Gasteiger charge is 2.38. The Bertz CT molecular complexity index is 372. The van der Waals surface area contributed by atoms with Gasteiger partial charge in [0, 0.05) is 7.11 Å². The van der Waals surface area contributed by atoms with E-state index in [1.165, 1.54) is 26.6 Å². The number of methoxy groups -OCH3 is 2. The monoisotopic (exact) mass is 230 g/mol. The molecule has 0 saturated carbocycles. The average molecular weight is 231 g/mol. The number of carbonyl (C=O) groups excluding carboxylic acids is 1. The van der Waals surface area contributed by atoms with Gasteiger partial charge in [-0.1, -0.05) is 11.6 Å². The van der Waals surface area contributed by atoms with Crippen molar-refractivity contribution in [2.75, 3.05) is 14.2 Å². The fraction of sp³-hybridized carbons (Fsp3) is 0.444. The van der Waals surface area contributed by atoms with Gasteiger partial charge in [-0.2, -0.15) is 0 Å². The molecule has 1 aromatic heterocycles. The maximum absolute atomic E-state index is 11.5. The standard InChI is InChI=1S/C9H11ClN2O3/c1-9(15-3,8(13)14-2)6-4-11-5-7(10)12-6/h4-5H,1-3H3. The van der Waals surface area contributed by atoms with E-state index < -0.39 is 11.6 Å². The van der Waals surface area contributed by atoms with Crippen molar-refractivity contribution in [3.63, 3.8) is 0 Å². The van der Waals surface area contributed by atoms with Gasteiger partial charge in [0.15, 0.2) is 0 Å². The van der Waals surface area contributed by atoms with Crippen LogP contribution in [0.15, 0.2) is 12.4 Å². The molecule has 5 nitrogen and oxygen atoms in total. The summed E-state index contributed by atoms with van der Waals surface area (Å²) in [6.07, 6.45) is 2.78. The van der Waals surface area contributed by atoms with Gasteiger partial charge < -0.3 is 9.47 Å². The maximum Gasteiger partial charge on any atom is 0.344 e. The Kier molecular flexibility index (Phi) is 3.60. The summed E-state index contributed by atoms with van der Waals surface area (Å²) in [5.41, 5.74) is -0.975. The molecule has 0 N–H and O–H groups in total. The molecule has 1 rings (SSSR count). The van der Waals surface area contributed by atoms with Gasteiger partial charge in [0.25, 0.3) is 0 Å². The van der Waals surface area contributed by atoms with Crippen LogP contribution in [0.25, 0.3) is 0 Å². The summed E-state index contributed by atoms with van der Waals surface area (Å²) < 4.78 is 9.72. The zero-order valence-electron chi connectivity index (χ0n) is 8.65. The fourth-order valence-electron chi connectivity index (χ4n) is 1.06. The lowest BCUT2D eigenvalue weighted by Gasteiger charge is -2.23. The predicted molar refractivity (Wildman–Crippen MR) is 53.4 cm³/mol. The van der Waals surface area contributed by atoms with Crippen LogP contribution in [-0.2, 0) is 19.9 Å². The summed E-state index contributed by atoms with van der Waals surface area (Å²) in [5, 5.41) is 0.194. The van der Waals surface area contributed by atoms with E-state index in [0.29, 0.717) is 5.69 Å². The molecule has 15 heavy (non-hydrogen) atoms. The number of nitrogens with zero attached hydrogens (tertiary/aromatic N) is 2. The first-order valence-electron chi connectivity index (χ1n) is 4.16. The zero-order chi connectivity index (χ0) is 11.5. The third-order valence-electron chi connectivity index (χ3n) is 2.08. The molecule has 1 unspecified atom stereocenters. The van der Waals surface area contributed by atoms with E-state index in [1.807, 2.05) is 0 Å². The van der Waals surface area contributed by atoms with Crippen LogP contribution in [0.3, 0.4) is 0 Å². The maximum atomic E-state index is 11.5. The van der Waals surface area contributed by atoms with Crippen molar-refractivity contribution in [2.24, 2.45) is 0 Å². The Morgan fingerprint density at radius 2 is 2.13 bits per heavy atom. The van der Waals surface area contributed by atoms with E-state index in [0.717, 1.165) is 0 Å². The second kappa shape index (κ2) is 4.55. The minimum absolute atomic E-state index is 0.194. The van der Waals surface area contributed by atoms with Crippen LogP contribution in [-0.4, -0.2) is 30.2 Å². The van der Waals surface area contributed by atoms with Crippen LogP contribution in [0.2, 0.25) is 5.15 Å². The summed E-state index contributed by atoms with van der Waals surface area (Å²) in [6.45, 7) is 1.54. The smallest absolute Gasteiger partial charge is 0.344 e. The summed E-state index contributed by atoms with van der Waals surface area (Å²) in [5.74, 6) is -0.554. The summed E-state index contributed by atoms with van der Waals surface area (Å²) >= 11 is 5.67. The first-order chi connectivity index (χ1) is 7.04. The van der Waals surface area contributed by atoms with Crippen LogP contribution in [0, 0.1) is 0 Å². The van der Waals surface area contributed by atoms with Crippen LogP contribution < -0.4 is 0 Å². The van der Waals surface area contributed by atoms with Crippen LogP contribution in [0.5, 0.6) is 0 Å². The molecule has 0 saturated heterocycles. The highest BCUT2D eigenvalue weighted by Crippen LogP contribution is 2.24. The minimum Gasteiger partial charge on any atom is -0.467 e. The number of hydrogen-bond donors (Lipinski definition) is 0. The molecule has 0 aliphatic heterocycles. The number of carbonyl (C=O) groups is 1. The Balaban J connectivity index is 3.16. The number of esters is 1. The van der Waals surface area contributed by atoms with E-state index in [4.69, 9.17) is 16.3 Å². The molecule has 0 bridgehead atoms. The van der Waals surface area contributed by atoms with Crippen LogP contribution in [0.4, 0.5) is 0 Å². The number of ether oxygens (including phenoxy) is 2. The fourth-order valence-corrected chi connectivity index (χ4v) is 1.21. The molecule has 0 spiro atoms. The predicted octanol–water partition coefficient (Wildman–Crippen LogP) is 1.16. The molecule has 0 fully saturated rings. The van der Waals surface area contributed by atoms with Gasteiger partial charge in [0.2, 0.25) is 5.60 Å². The zero-order valence-corrected chi connectivity index (χ0v) is 9.41. The third-order valence-corrected chi connectivity index (χ3v) is 2.26. The Morgan fingerprint density at radius 3 is 2.60 bits per heavy atom. The van der Waals surface area contributed by atoms with Gasteiger partial charge in [-0.25, -0.2) is 9.78 Å². The van der Waals surface area contributed by atoms with Gasteiger partial charge in [0.1, 0.15) is 10.8 Å². The Morgan fingerprint density at radius 1 is 1.47 bits per heavy atom. The van der Waals surface area contributed by atoms with Gasteiger partial charge in [0.05, 0.1) is 19.5 Å². The normalized spacial score (nSPS) is 14.4. The van der Waals surface area contributed by atoms with E-state index in [2.05, 4.69) is 14.7 Å². The molecule has 0 aliphatic rings. The molecular weight excluding hydrogens is 220 g/mol. The molecule has 1 heterocycles. The highest BCUT2D eigenvalue weighted by molar-refractivity contribution is 6.29. The lowest BCUT2D eigenvalue weighted by Crippen LogP contribution is -2.36. The van der Waals surface area contributed by atoms with Crippen molar-refractivity contribution in [1.29, 1.82) is 0 Å². The minimum atomic E-state index is -1.29.